The van der Waals surface area contributed by atoms with Gasteiger partial charge in [-0.2, -0.15) is 0 Å². The maximum atomic E-state index is 12.2. The number of likely N-dealkylation sites (N-methyl/N-ethyl adjacent to an activating group) is 1. The van der Waals surface area contributed by atoms with Gasteiger partial charge in [0.1, 0.15) is 11.4 Å². The Morgan fingerprint density at radius 2 is 2.18 bits per heavy atom. The average Bonchev–Trinajstić information content (AvgIpc) is 2.61. The Bertz CT molecular complexity index is 471. The van der Waals surface area contributed by atoms with Crippen molar-refractivity contribution in [3.05, 3.63) is 10.6 Å². The van der Waals surface area contributed by atoms with Crippen molar-refractivity contribution in [3.8, 4) is 0 Å². The van der Waals surface area contributed by atoms with E-state index in [2.05, 4.69) is 4.98 Å². The standard InChI is InChI=1S/C10H14N4O2S/c1-6-8(17-10(11)12-6)9(16)14-4-3-13(2)7(15)5-14/h3-5H2,1-2H3,(H2,11,12). The van der Waals surface area contributed by atoms with Crippen LogP contribution in [0.15, 0.2) is 0 Å². The minimum absolute atomic E-state index is 0.0419. The molecule has 2 heterocycles. The number of thiazole rings is 1. The van der Waals surface area contributed by atoms with Crippen LogP contribution in [0.5, 0.6) is 0 Å². The van der Waals surface area contributed by atoms with Crippen LogP contribution in [0.1, 0.15) is 15.4 Å². The van der Waals surface area contributed by atoms with Gasteiger partial charge < -0.3 is 15.5 Å². The van der Waals surface area contributed by atoms with Crippen molar-refractivity contribution in [2.45, 2.75) is 6.92 Å². The fourth-order valence-electron chi connectivity index (χ4n) is 1.69. The number of amides is 2. The predicted octanol–water partition coefficient (Wildman–Crippen LogP) is -0.0521. The zero-order valence-corrected chi connectivity index (χ0v) is 10.6. The number of hydrogen-bond donors (Lipinski definition) is 1. The fourth-order valence-corrected chi connectivity index (χ4v) is 2.49. The van der Waals surface area contributed by atoms with Gasteiger partial charge in [-0.1, -0.05) is 11.3 Å². The molecule has 0 saturated carbocycles. The number of carbonyl (C=O) groups excluding carboxylic acids is 2. The van der Waals surface area contributed by atoms with Gasteiger partial charge in [0.25, 0.3) is 5.91 Å². The first-order chi connectivity index (χ1) is 7.99. The van der Waals surface area contributed by atoms with Crippen LogP contribution in [-0.4, -0.2) is 53.3 Å². The van der Waals surface area contributed by atoms with Crippen LogP contribution in [0.2, 0.25) is 0 Å². The summed E-state index contributed by atoms with van der Waals surface area (Å²) in [5.74, 6) is -0.196. The van der Waals surface area contributed by atoms with Crippen molar-refractivity contribution in [3.63, 3.8) is 0 Å². The molecular weight excluding hydrogens is 240 g/mol. The molecule has 0 spiro atoms. The van der Waals surface area contributed by atoms with E-state index in [9.17, 15) is 9.59 Å². The molecule has 92 valence electrons. The molecule has 0 bridgehead atoms. The van der Waals surface area contributed by atoms with Crippen LogP contribution >= 0.6 is 11.3 Å². The summed E-state index contributed by atoms with van der Waals surface area (Å²) in [5.41, 5.74) is 6.19. The highest BCUT2D eigenvalue weighted by atomic mass is 32.1. The van der Waals surface area contributed by atoms with Crippen LogP contribution in [0, 0.1) is 6.92 Å². The van der Waals surface area contributed by atoms with E-state index in [1.807, 2.05) is 0 Å². The van der Waals surface area contributed by atoms with Crippen molar-refractivity contribution >= 4 is 28.3 Å². The molecule has 0 radical (unpaired) electrons. The Balaban J connectivity index is 2.16. The Kier molecular flexibility index (Phi) is 3.01. The molecule has 2 amide bonds. The van der Waals surface area contributed by atoms with E-state index < -0.39 is 0 Å². The van der Waals surface area contributed by atoms with Gasteiger partial charge in [0.05, 0.1) is 5.69 Å². The van der Waals surface area contributed by atoms with E-state index in [-0.39, 0.29) is 18.4 Å². The molecular formula is C10H14N4O2S. The van der Waals surface area contributed by atoms with Crippen LogP contribution in [0.3, 0.4) is 0 Å². The van der Waals surface area contributed by atoms with Gasteiger partial charge in [0.2, 0.25) is 5.91 Å². The molecule has 0 aliphatic carbocycles. The summed E-state index contributed by atoms with van der Waals surface area (Å²) in [6.07, 6.45) is 0. The highest BCUT2D eigenvalue weighted by Crippen LogP contribution is 2.22. The van der Waals surface area contributed by atoms with Gasteiger partial charge >= 0.3 is 0 Å². The molecule has 1 aromatic rings. The Morgan fingerprint density at radius 1 is 1.47 bits per heavy atom. The zero-order chi connectivity index (χ0) is 12.6. The highest BCUT2D eigenvalue weighted by Gasteiger charge is 2.27. The highest BCUT2D eigenvalue weighted by molar-refractivity contribution is 7.17. The smallest absolute Gasteiger partial charge is 0.266 e. The van der Waals surface area contributed by atoms with Crippen molar-refractivity contribution < 1.29 is 9.59 Å². The summed E-state index contributed by atoms with van der Waals surface area (Å²) in [6, 6.07) is 0. The molecule has 2 rings (SSSR count). The maximum absolute atomic E-state index is 12.2. The van der Waals surface area contributed by atoms with E-state index >= 15 is 0 Å². The van der Waals surface area contributed by atoms with Gasteiger partial charge in [-0.3, -0.25) is 9.59 Å². The number of nitrogen functional groups attached to an aromatic ring is 1. The molecule has 1 aromatic heterocycles. The van der Waals surface area contributed by atoms with E-state index in [0.29, 0.717) is 28.8 Å². The SMILES string of the molecule is Cc1nc(N)sc1C(=O)N1CCN(C)C(=O)C1. The first-order valence-electron chi connectivity index (χ1n) is 5.25. The van der Waals surface area contributed by atoms with Gasteiger partial charge in [-0.05, 0) is 6.92 Å². The molecule has 2 N–H and O–H groups in total. The minimum atomic E-state index is -0.154. The Hall–Kier alpha value is -1.63. The second kappa shape index (κ2) is 4.33. The van der Waals surface area contributed by atoms with E-state index in [4.69, 9.17) is 5.73 Å². The van der Waals surface area contributed by atoms with Crippen LogP contribution in [0.25, 0.3) is 0 Å². The van der Waals surface area contributed by atoms with Crippen LogP contribution < -0.4 is 5.73 Å². The third-order valence-corrected chi connectivity index (χ3v) is 3.73. The Morgan fingerprint density at radius 3 is 2.71 bits per heavy atom. The normalized spacial score (nSPS) is 16.5. The summed E-state index contributed by atoms with van der Waals surface area (Å²) in [7, 11) is 1.74. The molecule has 1 aliphatic heterocycles. The van der Waals surface area contributed by atoms with Crippen molar-refractivity contribution in [1.82, 2.24) is 14.8 Å². The molecule has 0 atom stereocenters. The van der Waals surface area contributed by atoms with Crippen molar-refractivity contribution in [1.29, 1.82) is 0 Å². The Labute approximate surface area is 103 Å². The summed E-state index contributed by atoms with van der Waals surface area (Å²) >= 11 is 1.17. The number of hydrogen-bond acceptors (Lipinski definition) is 5. The average molecular weight is 254 g/mol. The lowest BCUT2D eigenvalue weighted by Crippen LogP contribution is -2.50. The van der Waals surface area contributed by atoms with Crippen LogP contribution in [-0.2, 0) is 4.79 Å². The number of anilines is 1. The molecule has 6 nitrogen and oxygen atoms in total. The molecule has 17 heavy (non-hydrogen) atoms. The first kappa shape index (κ1) is 11.8. The number of rotatable bonds is 1. The third-order valence-electron chi connectivity index (χ3n) is 2.75. The third kappa shape index (κ3) is 2.23. The van der Waals surface area contributed by atoms with Crippen LogP contribution in [0.4, 0.5) is 5.13 Å². The quantitative estimate of drug-likeness (QED) is 0.762. The topological polar surface area (TPSA) is 79.5 Å². The number of carbonyl (C=O) groups is 2. The molecule has 0 aromatic carbocycles. The van der Waals surface area contributed by atoms with Crippen molar-refractivity contribution in [2.24, 2.45) is 0 Å². The summed E-state index contributed by atoms with van der Waals surface area (Å²) < 4.78 is 0. The maximum Gasteiger partial charge on any atom is 0.266 e. The molecule has 1 aliphatic rings. The zero-order valence-electron chi connectivity index (χ0n) is 9.77. The fraction of sp³-hybridized carbons (Fsp3) is 0.500. The second-order valence-corrected chi connectivity index (χ2v) is 5.04. The van der Waals surface area contributed by atoms with E-state index in [1.165, 1.54) is 11.3 Å². The number of aryl methyl sites for hydroxylation is 1. The molecule has 7 heteroatoms. The molecule has 1 fully saturated rings. The van der Waals surface area contributed by atoms with E-state index in [1.54, 1.807) is 23.8 Å². The second-order valence-electron chi connectivity index (χ2n) is 4.01. The predicted molar refractivity (Wildman–Crippen MR) is 64.8 cm³/mol. The lowest BCUT2D eigenvalue weighted by atomic mass is 10.3. The monoisotopic (exact) mass is 254 g/mol. The van der Waals surface area contributed by atoms with E-state index in [0.717, 1.165) is 0 Å². The van der Waals surface area contributed by atoms with Gasteiger partial charge in [-0.25, -0.2) is 4.98 Å². The number of piperazine rings is 1. The summed E-state index contributed by atoms with van der Waals surface area (Å²) in [6.45, 7) is 3.00. The number of nitrogens with zero attached hydrogens (tertiary/aromatic N) is 3. The molecule has 0 unspecified atom stereocenters. The summed E-state index contributed by atoms with van der Waals surface area (Å²) in [4.78, 5) is 31.4. The lowest BCUT2D eigenvalue weighted by molar-refractivity contribution is -0.133. The first-order valence-corrected chi connectivity index (χ1v) is 6.07. The largest absolute Gasteiger partial charge is 0.375 e. The summed E-state index contributed by atoms with van der Waals surface area (Å²) in [5, 5.41) is 0.381. The minimum Gasteiger partial charge on any atom is -0.375 e. The van der Waals surface area contributed by atoms with Gasteiger partial charge in [0.15, 0.2) is 5.13 Å². The molecule has 1 saturated heterocycles. The van der Waals surface area contributed by atoms with Gasteiger partial charge in [-0.15, -0.1) is 0 Å². The van der Waals surface area contributed by atoms with Crippen molar-refractivity contribution in [2.75, 3.05) is 32.4 Å². The number of aromatic nitrogens is 1. The van der Waals surface area contributed by atoms with Gasteiger partial charge in [0, 0.05) is 20.1 Å². The number of nitrogens with two attached hydrogens (primary N) is 1. The lowest BCUT2D eigenvalue weighted by Gasteiger charge is -2.31.